The second-order valence-electron chi connectivity index (χ2n) is 2.77. The molecular formula is C9H6ClFN2O. The molecule has 2 rings (SSSR count). The van der Waals surface area contributed by atoms with Gasteiger partial charge < -0.3 is 10.3 Å². The highest BCUT2D eigenvalue weighted by molar-refractivity contribution is 6.30. The van der Waals surface area contributed by atoms with Crippen molar-refractivity contribution in [1.82, 2.24) is 5.16 Å². The molecule has 0 saturated carbocycles. The maximum Gasteiger partial charge on any atom is 0.222 e. The van der Waals surface area contributed by atoms with E-state index >= 15 is 0 Å². The Kier molecular flexibility index (Phi) is 2.13. The highest BCUT2D eigenvalue weighted by atomic mass is 35.5. The smallest absolute Gasteiger partial charge is 0.222 e. The number of halogens is 2. The van der Waals surface area contributed by atoms with Gasteiger partial charge in [-0.2, -0.15) is 0 Å². The molecule has 0 saturated heterocycles. The molecule has 0 aliphatic heterocycles. The van der Waals surface area contributed by atoms with Crippen molar-refractivity contribution in [3.63, 3.8) is 0 Å². The number of hydrogen-bond acceptors (Lipinski definition) is 3. The zero-order valence-corrected chi connectivity index (χ0v) is 7.75. The Hall–Kier alpha value is -1.55. The Morgan fingerprint density at radius 2 is 2.07 bits per heavy atom. The van der Waals surface area contributed by atoms with Crippen LogP contribution in [0.2, 0.25) is 5.02 Å². The lowest BCUT2D eigenvalue weighted by molar-refractivity contribution is 0.439. The molecule has 0 aliphatic carbocycles. The number of hydrogen-bond donors (Lipinski definition) is 1. The van der Waals surface area contributed by atoms with Gasteiger partial charge in [0, 0.05) is 16.7 Å². The minimum Gasteiger partial charge on any atom is -0.368 e. The van der Waals surface area contributed by atoms with Crippen molar-refractivity contribution in [2.75, 3.05) is 5.73 Å². The second kappa shape index (κ2) is 3.31. The zero-order chi connectivity index (χ0) is 10.1. The molecule has 5 heteroatoms. The third-order valence-electron chi connectivity index (χ3n) is 1.69. The highest BCUT2D eigenvalue weighted by Crippen LogP contribution is 2.24. The van der Waals surface area contributed by atoms with E-state index in [1.165, 1.54) is 18.2 Å². The number of aromatic nitrogens is 1. The zero-order valence-electron chi connectivity index (χ0n) is 7.00. The van der Waals surface area contributed by atoms with E-state index in [0.29, 0.717) is 16.3 Å². The number of nitrogens with two attached hydrogens (primary N) is 1. The van der Waals surface area contributed by atoms with Crippen LogP contribution in [0.3, 0.4) is 0 Å². The fourth-order valence-electron chi connectivity index (χ4n) is 1.13. The van der Waals surface area contributed by atoms with Gasteiger partial charge in [-0.05, 0) is 18.2 Å². The SMILES string of the molecule is Nc1cc(-c2cc(F)cc(Cl)c2)no1. The van der Waals surface area contributed by atoms with E-state index in [0.717, 1.165) is 0 Å². The maximum atomic E-state index is 12.9. The molecule has 0 fully saturated rings. The minimum absolute atomic E-state index is 0.181. The summed E-state index contributed by atoms with van der Waals surface area (Å²) >= 11 is 5.68. The molecule has 1 heterocycles. The lowest BCUT2D eigenvalue weighted by Crippen LogP contribution is -1.80. The summed E-state index contributed by atoms with van der Waals surface area (Å²) in [6.07, 6.45) is 0. The predicted molar refractivity (Wildman–Crippen MR) is 51.3 cm³/mol. The molecule has 0 aliphatic rings. The van der Waals surface area contributed by atoms with Gasteiger partial charge in [0.25, 0.3) is 0 Å². The van der Waals surface area contributed by atoms with Crippen LogP contribution in [0.25, 0.3) is 11.3 Å². The van der Waals surface area contributed by atoms with Gasteiger partial charge in [0.05, 0.1) is 0 Å². The van der Waals surface area contributed by atoms with E-state index in [1.807, 2.05) is 0 Å². The summed E-state index contributed by atoms with van der Waals surface area (Å²) in [5.41, 5.74) is 6.34. The van der Waals surface area contributed by atoms with Crippen molar-refractivity contribution < 1.29 is 8.91 Å². The largest absolute Gasteiger partial charge is 0.368 e. The van der Waals surface area contributed by atoms with Crippen molar-refractivity contribution >= 4 is 17.5 Å². The molecule has 0 atom stereocenters. The minimum atomic E-state index is -0.422. The van der Waals surface area contributed by atoms with Crippen molar-refractivity contribution in [2.24, 2.45) is 0 Å². The van der Waals surface area contributed by atoms with Crippen LogP contribution in [0.5, 0.6) is 0 Å². The molecule has 0 spiro atoms. The molecule has 72 valence electrons. The average Bonchev–Trinajstić information content (AvgIpc) is 2.50. The number of nitrogen functional groups attached to an aromatic ring is 1. The van der Waals surface area contributed by atoms with E-state index in [4.69, 9.17) is 17.3 Å². The summed E-state index contributed by atoms with van der Waals surface area (Å²) in [4.78, 5) is 0. The maximum absolute atomic E-state index is 12.9. The van der Waals surface area contributed by atoms with Gasteiger partial charge in [-0.3, -0.25) is 0 Å². The second-order valence-corrected chi connectivity index (χ2v) is 3.21. The van der Waals surface area contributed by atoms with Crippen LogP contribution < -0.4 is 5.73 Å². The van der Waals surface area contributed by atoms with Crippen LogP contribution in [0.4, 0.5) is 10.3 Å². The van der Waals surface area contributed by atoms with Gasteiger partial charge in [0.1, 0.15) is 11.5 Å². The van der Waals surface area contributed by atoms with Crippen LogP contribution in [0.1, 0.15) is 0 Å². The van der Waals surface area contributed by atoms with Crippen molar-refractivity contribution in [3.05, 3.63) is 35.1 Å². The third kappa shape index (κ3) is 1.70. The van der Waals surface area contributed by atoms with Gasteiger partial charge in [-0.15, -0.1) is 0 Å². The lowest BCUT2D eigenvalue weighted by Gasteiger charge is -1.96. The normalized spacial score (nSPS) is 10.4. The monoisotopic (exact) mass is 212 g/mol. The average molecular weight is 213 g/mol. The lowest BCUT2D eigenvalue weighted by atomic mass is 10.1. The molecule has 2 aromatic rings. The molecule has 0 amide bonds. The number of nitrogens with zero attached hydrogens (tertiary/aromatic N) is 1. The van der Waals surface area contributed by atoms with Crippen LogP contribution >= 0.6 is 11.6 Å². The first-order chi connectivity index (χ1) is 6.65. The first kappa shape index (κ1) is 9.02. The molecule has 0 bridgehead atoms. The van der Waals surface area contributed by atoms with Crippen molar-refractivity contribution in [2.45, 2.75) is 0 Å². The first-order valence-electron chi connectivity index (χ1n) is 3.84. The number of benzene rings is 1. The third-order valence-corrected chi connectivity index (χ3v) is 1.90. The topological polar surface area (TPSA) is 52.0 Å². The Labute approximate surface area is 84.3 Å². The first-order valence-corrected chi connectivity index (χ1v) is 4.21. The van der Waals surface area contributed by atoms with E-state index in [-0.39, 0.29) is 5.88 Å². The number of anilines is 1. The molecule has 0 radical (unpaired) electrons. The standard InChI is InChI=1S/C9H6ClFN2O/c10-6-1-5(2-7(11)3-6)8-4-9(12)14-13-8/h1-4H,12H2. The van der Waals surface area contributed by atoms with E-state index in [2.05, 4.69) is 9.68 Å². The summed E-state index contributed by atoms with van der Waals surface area (Å²) in [5, 5.41) is 3.95. The van der Waals surface area contributed by atoms with Gasteiger partial charge >= 0.3 is 0 Å². The highest BCUT2D eigenvalue weighted by Gasteiger charge is 2.06. The summed E-state index contributed by atoms with van der Waals surface area (Å²) in [6.45, 7) is 0. The molecular weight excluding hydrogens is 207 g/mol. The van der Waals surface area contributed by atoms with Crippen LogP contribution in [-0.2, 0) is 0 Å². The Morgan fingerprint density at radius 1 is 1.29 bits per heavy atom. The summed E-state index contributed by atoms with van der Waals surface area (Å²) in [6, 6.07) is 5.62. The predicted octanol–water partition coefficient (Wildman–Crippen LogP) is 2.72. The fourth-order valence-corrected chi connectivity index (χ4v) is 1.35. The Balaban J connectivity index is 2.51. The molecule has 3 nitrogen and oxygen atoms in total. The van der Waals surface area contributed by atoms with Gasteiger partial charge in [0.2, 0.25) is 5.88 Å². The van der Waals surface area contributed by atoms with Gasteiger partial charge in [-0.1, -0.05) is 16.8 Å². The molecule has 14 heavy (non-hydrogen) atoms. The van der Waals surface area contributed by atoms with Crippen LogP contribution in [0.15, 0.2) is 28.8 Å². The van der Waals surface area contributed by atoms with Gasteiger partial charge in [0.15, 0.2) is 0 Å². The summed E-state index contributed by atoms with van der Waals surface area (Å²) < 4.78 is 17.6. The van der Waals surface area contributed by atoms with Crippen LogP contribution in [-0.4, -0.2) is 5.16 Å². The van der Waals surface area contributed by atoms with E-state index in [9.17, 15) is 4.39 Å². The molecule has 1 aromatic carbocycles. The molecule has 2 N–H and O–H groups in total. The van der Waals surface area contributed by atoms with E-state index < -0.39 is 5.82 Å². The Bertz CT molecular complexity index is 449. The van der Waals surface area contributed by atoms with Crippen molar-refractivity contribution in [1.29, 1.82) is 0 Å². The van der Waals surface area contributed by atoms with Crippen molar-refractivity contribution in [3.8, 4) is 11.3 Å². The van der Waals surface area contributed by atoms with E-state index in [1.54, 1.807) is 6.07 Å². The quantitative estimate of drug-likeness (QED) is 0.791. The van der Waals surface area contributed by atoms with Gasteiger partial charge in [-0.25, -0.2) is 4.39 Å². The molecule has 0 unspecified atom stereocenters. The summed E-state index contributed by atoms with van der Waals surface area (Å²) in [5.74, 6) is -0.241. The fraction of sp³-hybridized carbons (Fsp3) is 0. The summed E-state index contributed by atoms with van der Waals surface area (Å²) in [7, 11) is 0. The Morgan fingerprint density at radius 3 is 2.64 bits per heavy atom. The number of rotatable bonds is 1. The molecule has 1 aromatic heterocycles. The van der Waals surface area contributed by atoms with Crippen LogP contribution in [0, 0.1) is 5.82 Å².